The largest absolute Gasteiger partial charge is 0.497 e. The van der Waals surface area contributed by atoms with Crippen molar-refractivity contribution in [1.29, 1.82) is 0 Å². The zero-order valence-electron chi connectivity index (χ0n) is 17.3. The van der Waals surface area contributed by atoms with Crippen molar-refractivity contribution in [2.24, 2.45) is 0 Å². The summed E-state index contributed by atoms with van der Waals surface area (Å²) in [7, 11) is 3.24. The van der Waals surface area contributed by atoms with Gasteiger partial charge >= 0.3 is 0 Å². The normalized spacial score (nSPS) is 10.6. The lowest BCUT2D eigenvalue weighted by molar-refractivity contribution is 0.394. The van der Waals surface area contributed by atoms with Crippen molar-refractivity contribution < 1.29 is 9.47 Å². The zero-order chi connectivity index (χ0) is 21.1. The third-order valence-corrected chi connectivity index (χ3v) is 5.17. The topological polar surface area (TPSA) is 40.5 Å². The van der Waals surface area contributed by atoms with Gasteiger partial charge in [0.2, 0.25) is 0 Å². The van der Waals surface area contributed by atoms with Crippen LogP contribution in [0.4, 0.5) is 0 Å². The zero-order valence-corrected chi connectivity index (χ0v) is 17.3. The van der Waals surface area contributed by atoms with E-state index in [0.29, 0.717) is 17.1 Å². The van der Waals surface area contributed by atoms with Crippen molar-refractivity contribution in [1.82, 2.24) is 4.57 Å². The molecule has 30 heavy (non-hydrogen) atoms. The molecule has 4 nitrogen and oxygen atoms in total. The molecule has 1 aromatic heterocycles. The second-order valence-corrected chi connectivity index (χ2v) is 7.01. The lowest BCUT2D eigenvalue weighted by Crippen LogP contribution is -2.15. The third kappa shape index (κ3) is 3.60. The molecule has 4 aromatic rings. The maximum absolute atomic E-state index is 13.0. The number of rotatable bonds is 5. The second kappa shape index (κ2) is 8.29. The fourth-order valence-corrected chi connectivity index (χ4v) is 3.66. The molecule has 0 spiro atoms. The van der Waals surface area contributed by atoms with Crippen LogP contribution in [0.1, 0.15) is 5.56 Å². The van der Waals surface area contributed by atoms with Crippen LogP contribution >= 0.6 is 0 Å². The molecule has 0 saturated heterocycles. The Balaban J connectivity index is 2.13. The molecule has 0 fully saturated rings. The van der Waals surface area contributed by atoms with Gasteiger partial charge in [-0.15, -0.1) is 0 Å². The summed E-state index contributed by atoms with van der Waals surface area (Å²) in [6.45, 7) is 1.88. The van der Waals surface area contributed by atoms with Gasteiger partial charge in [0, 0.05) is 28.9 Å². The highest BCUT2D eigenvalue weighted by Gasteiger charge is 2.18. The average molecular weight is 397 g/mol. The molecule has 0 atom stereocenters. The molecule has 3 aromatic carbocycles. The Hall–Kier alpha value is -3.79. The highest BCUT2D eigenvalue weighted by atomic mass is 16.5. The molecule has 150 valence electrons. The minimum Gasteiger partial charge on any atom is -0.497 e. The van der Waals surface area contributed by atoms with Gasteiger partial charge in [0.15, 0.2) is 5.43 Å². The van der Waals surface area contributed by atoms with Crippen LogP contribution in [-0.2, 0) is 0 Å². The summed E-state index contributed by atoms with van der Waals surface area (Å²) in [5, 5.41) is 0. The molecule has 0 unspecified atom stereocenters. The standard InChI is InChI=1S/C26H23NO3/c1-18-25(28)17-24(20-14-22(29-2)16-23(15-20)30-3)27(21-12-8-5-9-13-21)26(18)19-10-6-4-7-11-19/h4-17H,1-3H3. The SMILES string of the molecule is COc1cc(OC)cc(-c2cc(=O)c(C)c(-c3ccccc3)n2-c2ccccc2)c1. The maximum atomic E-state index is 13.0. The van der Waals surface area contributed by atoms with E-state index in [1.54, 1.807) is 20.3 Å². The number of pyridine rings is 1. The molecule has 4 heteroatoms. The van der Waals surface area contributed by atoms with Crippen LogP contribution in [0, 0.1) is 6.92 Å². The lowest BCUT2D eigenvalue weighted by Gasteiger charge is -2.22. The van der Waals surface area contributed by atoms with Gasteiger partial charge in [-0.25, -0.2) is 0 Å². The maximum Gasteiger partial charge on any atom is 0.185 e. The van der Waals surface area contributed by atoms with E-state index in [0.717, 1.165) is 28.2 Å². The van der Waals surface area contributed by atoms with Crippen molar-refractivity contribution >= 4 is 0 Å². The van der Waals surface area contributed by atoms with Crippen LogP contribution in [0.3, 0.4) is 0 Å². The molecule has 0 bridgehead atoms. The van der Waals surface area contributed by atoms with Crippen molar-refractivity contribution in [3.63, 3.8) is 0 Å². The Morgan fingerprint density at radius 1 is 0.700 bits per heavy atom. The summed E-state index contributed by atoms with van der Waals surface area (Å²) in [5.41, 5.74) is 5.11. The number of hydrogen-bond acceptors (Lipinski definition) is 3. The molecule has 0 radical (unpaired) electrons. The van der Waals surface area contributed by atoms with Crippen LogP contribution in [0.2, 0.25) is 0 Å². The van der Waals surface area contributed by atoms with Crippen LogP contribution in [0.15, 0.2) is 89.7 Å². The number of aromatic nitrogens is 1. The number of hydrogen-bond donors (Lipinski definition) is 0. The van der Waals surface area contributed by atoms with E-state index in [-0.39, 0.29) is 5.43 Å². The number of benzene rings is 3. The first-order chi connectivity index (χ1) is 14.6. The highest BCUT2D eigenvalue weighted by molar-refractivity contribution is 5.74. The molecule has 1 heterocycles. The molecule has 0 saturated carbocycles. The molecular weight excluding hydrogens is 374 g/mol. The van der Waals surface area contributed by atoms with Crippen LogP contribution < -0.4 is 14.9 Å². The van der Waals surface area contributed by atoms with Gasteiger partial charge in [-0.3, -0.25) is 4.79 Å². The second-order valence-electron chi connectivity index (χ2n) is 7.01. The van der Waals surface area contributed by atoms with Crippen LogP contribution in [0.25, 0.3) is 28.2 Å². The van der Waals surface area contributed by atoms with Crippen molar-refractivity contribution in [3.8, 4) is 39.7 Å². The van der Waals surface area contributed by atoms with Crippen molar-refractivity contribution in [3.05, 3.63) is 101 Å². The quantitative estimate of drug-likeness (QED) is 0.447. The average Bonchev–Trinajstić information content (AvgIpc) is 2.81. The van der Waals surface area contributed by atoms with E-state index < -0.39 is 0 Å². The van der Waals surface area contributed by atoms with Gasteiger partial charge in [0.1, 0.15) is 11.5 Å². The van der Waals surface area contributed by atoms with Crippen molar-refractivity contribution in [2.75, 3.05) is 14.2 Å². The number of ether oxygens (including phenoxy) is 2. The van der Waals surface area contributed by atoms with Gasteiger partial charge in [-0.2, -0.15) is 0 Å². The van der Waals surface area contributed by atoms with Crippen LogP contribution in [0.5, 0.6) is 11.5 Å². The molecule has 0 aliphatic carbocycles. The predicted octanol–water partition coefficient (Wildman–Crippen LogP) is 5.50. The molecule has 0 amide bonds. The summed E-state index contributed by atoms with van der Waals surface area (Å²) in [6, 6.07) is 27.4. The number of nitrogens with zero attached hydrogens (tertiary/aromatic N) is 1. The first kappa shape index (κ1) is 19.5. The Kier molecular flexibility index (Phi) is 5.40. The Morgan fingerprint density at radius 3 is 1.83 bits per heavy atom. The van der Waals surface area contributed by atoms with Gasteiger partial charge in [-0.05, 0) is 36.8 Å². The minimum atomic E-state index is -0.0159. The summed E-state index contributed by atoms with van der Waals surface area (Å²) < 4.78 is 13.1. The summed E-state index contributed by atoms with van der Waals surface area (Å²) in [6.07, 6.45) is 0. The molecular formula is C26H23NO3. The summed E-state index contributed by atoms with van der Waals surface area (Å²) in [4.78, 5) is 13.0. The van der Waals surface area contributed by atoms with E-state index in [2.05, 4.69) is 4.57 Å². The number of para-hydroxylation sites is 1. The fraction of sp³-hybridized carbons (Fsp3) is 0.115. The summed E-state index contributed by atoms with van der Waals surface area (Å²) >= 11 is 0. The number of methoxy groups -OCH3 is 2. The monoisotopic (exact) mass is 397 g/mol. The molecule has 0 aliphatic rings. The van der Waals surface area contributed by atoms with E-state index in [9.17, 15) is 4.79 Å². The Morgan fingerprint density at radius 2 is 1.27 bits per heavy atom. The highest BCUT2D eigenvalue weighted by Crippen LogP contribution is 2.34. The van der Waals surface area contributed by atoms with E-state index in [1.165, 1.54) is 0 Å². The molecule has 0 aliphatic heterocycles. The minimum absolute atomic E-state index is 0.0159. The third-order valence-electron chi connectivity index (χ3n) is 5.17. The van der Waals surface area contributed by atoms with Crippen molar-refractivity contribution in [2.45, 2.75) is 6.92 Å². The fourth-order valence-electron chi connectivity index (χ4n) is 3.66. The summed E-state index contributed by atoms with van der Waals surface area (Å²) in [5.74, 6) is 1.33. The first-order valence-electron chi connectivity index (χ1n) is 9.73. The Labute approximate surface area is 176 Å². The van der Waals surface area contributed by atoms with Gasteiger partial charge in [0.25, 0.3) is 0 Å². The van der Waals surface area contributed by atoms with Crippen LogP contribution in [-0.4, -0.2) is 18.8 Å². The molecule has 0 N–H and O–H groups in total. The van der Waals surface area contributed by atoms with Gasteiger partial charge in [-0.1, -0.05) is 48.5 Å². The predicted molar refractivity (Wildman–Crippen MR) is 121 cm³/mol. The Bertz CT molecular complexity index is 1210. The lowest BCUT2D eigenvalue weighted by atomic mass is 10.0. The van der Waals surface area contributed by atoms with E-state index in [4.69, 9.17) is 9.47 Å². The van der Waals surface area contributed by atoms with Gasteiger partial charge in [0.05, 0.1) is 25.6 Å². The smallest absolute Gasteiger partial charge is 0.185 e. The van der Waals surface area contributed by atoms with Gasteiger partial charge < -0.3 is 14.0 Å². The molecule has 4 rings (SSSR count). The van der Waals surface area contributed by atoms with E-state index >= 15 is 0 Å². The first-order valence-corrected chi connectivity index (χ1v) is 9.73. The van der Waals surface area contributed by atoms with E-state index in [1.807, 2.05) is 85.8 Å².